The van der Waals surface area contributed by atoms with Crippen molar-refractivity contribution in [3.8, 4) is 0 Å². The molecule has 0 heterocycles. The molecule has 0 bridgehead atoms. The van der Waals surface area contributed by atoms with Gasteiger partial charge in [0, 0.05) is 23.3 Å². The number of esters is 2. The molecule has 0 aliphatic rings. The minimum Gasteiger partial charge on any atom is -0.478 e. The van der Waals surface area contributed by atoms with Crippen molar-refractivity contribution in [2.24, 2.45) is 0 Å². The number of rotatable bonds is 8. The Hall–Kier alpha value is -2.25. The van der Waals surface area contributed by atoms with E-state index in [0.29, 0.717) is 0 Å². The maximum absolute atomic E-state index is 11.9. The maximum atomic E-state index is 11.9. The normalized spacial score (nSPS) is 13.9. The average Bonchev–Trinajstić information content (AvgIpc) is 2.48. The molecule has 23 heavy (non-hydrogen) atoms. The van der Waals surface area contributed by atoms with Gasteiger partial charge in [-0.05, 0) is 45.3 Å². The van der Waals surface area contributed by atoms with Crippen molar-refractivity contribution in [1.82, 2.24) is 0 Å². The summed E-state index contributed by atoms with van der Waals surface area (Å²) >= 11 is 0. The highest BCUT2D eigenvalue weighted by atomic mass is 16.6. The van der Waals surface area contributed by atoms with E-state index < -0.39 is 24.0 Å². The molecule has 0 aromatic rings. The third kappa shape index (κ3) is 7.03. The highest BCUT2D eigenvalue weighted by molar-refractivity contribution is 6.01. The molecule has 0 radical (unpaired) electrons. The molecule has 0 aliphatic heterocycles. The monoisotopic (exact) mass is 326 g/mol. The van der Waals surface area contributed by atoms with E-state index in [1.807, 2.05) is 0 Å². The summed E-state index contributed by atoms with van der Waals surface area (Å²) < 4.78 is 4.58. The number of aliphatic hydroxyl groups is 2. The molecule has 0 saturated carbocycles. The van der Waals surface area contributed by atoms with Crippen molar-refractivity contribution in [1.29, 1.82) is 0 Å². The molecule has 1 unspecified atom stereocenters. The fourth-order valence-electron chi connectivity index (χ4n) is 1.56. The van der Waals surface area contributed by atoms with Crippen LogP contribution in [-0.2, 0) is 19.1 Å². The zero-order valence-corrected chi connectivity index (χ0v) is 13.5. The van der Waals surface area contributed by atoms with Crippen LogP contribution in [0.5, 0.6) is 0 Å². The number of carboxylic acids is 1. The second kappa shape index (κ2) is 9.70. The first-order chi connectivity index (χ1) is 10.6. The minimum absolute atomic E-state index is 0.0258. The van der Waals surface area contributed by atoms with E-state index in [9.17, 15) is 19.5 Å². The SMILES string of the molecule is C=C(C)C(=O)OC(=O)C(C)=C(C=C(C)C(=O)O)C(O)CCCO. The number of aliphatic carboxylic acids is 1. The van der Waals surface area contributed by atoms with E-state index in [-0.39, 0.29) is 41.7 Å². The maximum Gasteiger partial charge on any atom is 0.341 e. The number of carbonyl (C=O) groups is 3. The molecule has 0 amide bonds. The van der Waals surface area contributed by atoms with Crippen LogP contribution in [0.3, 0.4) is 0 Å². The summed E-state index contributed by atoms with van der Waals surface area (Å²) in [5.41, 5.74) is -0.129. The van der Waals surface area contributed by atoms with Gasteiger partial charge in [-0.15, -0.1) is 0 Å². The Balaban J connectivity index is 5.64. The van der Waals surface area contributed by atoms with E-state index in [0.717, 1.165) is 6.08 Å². The summed E-state index contributed by atoms with van der Waals surface area (Å²) in [5, 5.41) is 27.9. The molecule has 3 N–H and O–H groups in total. The van der Waals surface area contributed by atoms with Gasteiger partial charge in [0.2, 0.25) is 0 Å². The summed E-state index contributed by atoms with van der Waals surface area (Å²) in [4.78, 5) is 34.3. The smallest absolute Gasteiger partial charge is 0.341 e. The third-order valence-corrected chi connectivity index (χ3v) is 2.98. The Bertz CT molecular complexity index is 555. The minimum atomic E-state index is -1.21. The molecule has 128 valence electrons. The Morgan fingerprint density at radius 1 is 1.17 bits per heavy atom. The van der Waals surface area contributed by atoms with Gasteiger partial charge in [-0.25, -0.2) is 14.4 Å². The predicted octanol–water partition coefficient (Wildman–Crippen LogP) is 1.11. The lowest BCUT2D eigenvalue weighted by atomic mass is 9.97. The van der Waals surface area contributed by atoms with Gasteiger partial charge in [-0.2, -0.15) is 0 Å². The molecular weight excluding hydrogens is 304 g/mol. The molecule has 7 nitrogen and oxygen atoms in total. The fraction of sp³-hybridized carbons (Fsp3) is 0.438. The molecule has 1 atom stereocenters. The topological polar surface area (TPSA) is 121 Å². The molecule has 0 aromatic heterocycles. The van der Waals surface area contributed by atoms with Gasteiger partial charge in [0.15, 0.2) is 0 Å². The van der Waals surface area contributed by atoms with Crippen molar-refractivity contribution < 1.29 is 34.4 Å². The number of ether oxygens (including phenoxy) is 1. The van der Waals surface area contributed by atoms with Crippen molar-refractivity contribution in [2.75, 3.05) is 6.61 Å². The Morgan fingerprint density at radius 3 is 2.17 bits per heavy atom. The lowest BCUT2D eigenvalue weighted by Gasteiger charge is -2.15. The van der Waals surface area contributed by atoms with Crippen LogP contribution in [0.15, 0.2) is 34.9 Å². The Kier molecular flexibility index (Phi) is 8.75. The second-order valence-electron chi connectivity index (χ2n) is 5.05. The highest BCUT2D eigenvalue weighted by Gasteiger charge is 2.21. The lowest BCUT2D eigenvalue weighted by molar-refractivity contribution is -0.154. The summed E-state index contributed by atoms with van der Waals surface area (Å²) in [6.07, 6.45) is 0.349. The molecule has 0 spiro atoms. The molecule has 0 rings (SSSR count). The summed E-state index contributed by atoms with van der Waals surface area (Å²) in [6, 6.07) is 0. The van der Waals surface area contributed by atoms with Crippen LogP contribution in [0, 0.1) is 0 Å². The molecule has 0 aliphatic carbocycles. The summed E-state index contributed by atoms with van der Waals surface area (Å²) in [6.45, 7) is 7.18. The number of carbonyl (C=O) groups excluding carboxylic acids is 2. The molecule has 0 saturated heterocycles. The van der Waals surface area contributed by atoms with E-state index in [2.05, 4.69) is 11.3 Å². The second-order valence-corrected chi connectivity index (χ2v) is 5.05. The fourth-order valence-corrected chi connectivity index (χ4v) is 1.56. The first kappa shape index (κ1) is 20.8. The van der Waals surface area contributed by atoms with E-state index in [1.165, 1.54) is 20.8 Å². The van der Waals surface area contributed by atoms with Crippen molar-refractivity contribution in [3.63, 3.8) is 0 Å². The van der Waals surface area contributed by atoms with E-state index >= 15 is 0 Å². The van der Waals surface area contributed by atoms with Crippen LogP contribution >= 0.6 is 0 Å². The Morgan fingerprint density at radius 2 is 1.74 bits per heavy atom. The van der Waals surface area contributed by atoms with E-state index in [1.54, 1.807) is 0 Å². The first-order valence-electron chi connectivity index (χ1n) is 6.95. The van der Waals surface area contributed by atoms with Gasteiger partial charge < -0.3 is 20.1 Å². The highest BCUT2D eigenvalue weighted by Crippen LogP contribution is 2.19. The number of hydrogen-bond acceptors (Lipinski definition) is 6. The molecule has 7 heteroatoms. The number of aliphatic hydroxyl groups excluding tert-OH is 2. The van der Waals surface area contributed by atoms with Gasteiger partial charge in [-0.3, -0.25) is 0 Å². The molecule has 0 fully saturated rings. The summed E-state index contributed by atoms with van der Waals surface area (Å²) in [5.74, 6) is -3.11. The Labute approximate surface area is 134 Å². The molecular formula is C16H22O7. The lowest BCUT2D eigenvalue weighted by Crippen LogP contribution is -2.19. The van der Waals surface area contributed by atoms with Crippen LogP contribution < -0.4 is 0 Å². The van der Waals surface area contributed by atoms with Crippen LogP contribution in [0.25, 0.3) is 0 Å². The van der Waals surface area contributed by atoms with Gasteiger partial charge in [0.25, 0.3) is 0 Å². The number of hydrogen-bond donors (Lipinski definition) is 3. The van der Waals surface area contributed by atoms with Gasteiger partial charge in [0.1, 0.15) is 0 Å². The van der Waals surface area contributed by atoms with Gasteiger partial charge in [0.05, 0.1) is 6.10 Å². The standard InChI is InChI=1S/C16H22O7/c1-9(2)15(21)23-16(22)11(4)12(8-10(3)14(19)20)13(18)6-5-7-17/h8,13,17-18H,1,5-7H2,2-4H3,(H,19,20). The van der Waals surface area contributed by atoms with Gasteiger partial charge >= 0.3 is 17.9 Å². The quantitative estimate of drug-likeness (QED) is 0.264. The van der Waals surface area contributed by atoms with Crippen LogP contribution in [0.2, 0.25) is 0 Å². The largest absolute Gasteiger partial charge is 0.478 e. The first-order valence-corrected chi connectivity index (χ1v) is 6.95. The van der Waals surface area contributed by atoms with E-state index in [4.69, 9.17) is 10.2 Å². The van der Waals surface area contributed by atoms with Crippen LogP contribution in [0.1, 0.15) is 33.6 Å². The summed E-state index contributed by atoms with van der Waals surface area (Å²) in [7, 11) is 0. The van der Waals surface area contributed by atoms with Gasteiger partial charge in [-0.1, -0.05) is 6.58 Å². The van der Waals surface area contributed by atoms with Crippen LogP contribution in [0.4, 0.5) is 0 Å². The average molecular weight is 326 g/mol. The zero-order chi connectivity index (χ0) is 18.2. The number of carboxylic acid groups (broad SMARTS) is 1. The van der Waals surface area contributed by atoms with Crippen molar-refractivity contribution >= 4 is 17.9 Å². The third-order valence-electron chi connectivity index (χ3n) is 2.98. The zero-order valence-electron chi connectivity index (χ0n) is 13.5. The van der Waals surface area contributed by atoms with Crippen molar-refractivity contribution in [3.05, 3.63) is 34.9 Å². The van der Waals surface area contributed by atoms with Crippen LogP contribution in [-0.4, -0.2) is 45.9 Å². The molecule has 0 aromatic carbocycles. The van der Waals surface area contributed by atoms with Crippen molar-refractivity contribution in [2.45, 2.75) is 39.7 Å². The predicted molar refractivity (Wildman–Crippen MR) is 82.3 cm³/mol.